The van der Waals surface area contributed by atoms with E-state index in [1.54, 1.807) is 0 Å². The van der Waals surface area contributed by atoms with Crippen LogP contribution in [0.25, 0.3) is 0 Å². The van der Waals surface area contributed by atoms with E-state index in [1.807, 2.05) is 0 Å². The monoisotopic (exact) mass is 191 g/mol. The summed E-state index contributed by atoms with van der Waals surface area (Å²) in [6.45, 7) is 0. The number of rotatable bonds is 1. The standard InChI is InChI=1S/C6H3F3N2O2/c7-6(8,9)4-3(5(12)13)1-10-2-11-4/h1-2H,(H,12,13)/p-1. The highest BCUT2D eigenvalue weighted by atomic mass is 19.4. The van der Waals surface area contributed by atoms with Gasteiger partial charge in [-0.25, -0.2) is 9.97 Å². The van der Waals surface area contributed by atoms with E-state index < -0.39 is 23.4 Å². The van der Waals surface area contributed by atoms with E-state index in [0.717, 1.165) is 0 Å². The maximum absolute atomic E-state index is 12.0. The molecule has 70 valence electrons. The molecule has 0 atom stereocenters. The number of carboxylic acids is 1. The number of carbonyl (C=O) groups excluding carboxylic acids is 1. The Balaban J connectivity index is 3.28. The van der Waals surface area contributed by atoms with Crippen molar-refractivity contribution in [1.29, 1.82) is 0 Å². The van der Waals surface area contributed by atoms with E-state index in [1.165, 1.54) is 0 Å². The van der Waals surface area contributed by atoms with Crippen LogP contribution in [0, 0.1) is 0 Å². The highest BCUT2D eigenvalue weighted by Crippen LogP contribution is 2.29. The van der Waals surface area contributed by atoms with Gasteiger partial charge in [-0.15, -0.1) is 0 Å². The van der Waals surface area contributed by atoms with Crippen LogP contribution in [0.1, 0.15) is 16.1 Å². The minimum absolute atomic E-state index is 0.547. The van der Waals surface area contributed by atoms with Crippen LogP contribution in [0.2, 0.25) is 0 Å². The van der Waals surface area contributed by atoms with Crippen molar-refractivity contribution in [3.63, 3.8) is 0 Å². The van der Waals surface area contributed by atoms with E-state index in [9.17, 15) is 23.1 Å². The Morgan fingerprint density at radius 1 is 1.46 bits per heavy atom. The van der Waals surface area contributed by atoms with Crippen molar-refractivity contribution in [1.82, 2.24) is 9.97 Å². The molecule has 0 aliphatic carbocycles. The Morgan fingerprint density at radius 2 is 2.08 bits per heavy atom. The minimum Gasteiger partial charge on any atom is -0.545 e. The van der Waals surface area contributed by atoms with Crippen LogP contribution in [0.3, 0.4) is 0 Å². The van der Waals surface area contributed by atoms with Crippen LogP contribution in [0.15, 0.2) is 12.5 Å². The van der Waals surface area contributed by atoms with Gasteiger partial charge in [0.25, 0.3) is 0 Å². The number of carboxylic acid groups (broad SMARTS) is 1. The Bertz CT molecular complexity index is 337. The Morgan fingerprint density at radius 3 is 2.46 bits per heavy atom. The Hall–Kier alpha value is -1.66. The fourth-order valence-corrected chi connectivity index (χ4v) is 0.705. The average molecular weight is 191 g/mol. The molecule has 0 fully saturated rings. The molecule has 0 amide bonds. The molecule has 13 heavy (non-hydrogen) atoms. The maximum atomic E-state index is 12.0. The number of carbonyl (C=O) groups is 1. The molecule has 0 aliphatic rings. The zero-order chi connectivity index (χ0) is 10.1. The maximum Gasteiger partial charge on any atom is 0.434 e. The number of halogens is 3. The van der Waals surface area contributed by atoms with Gasteiger partial charge in [-0.1, -0.05) is 0 Å². The van der Waals surface area contributed by atoms with Crippen molar-refractivity contribution in [2.24, 2.45) is 0 Å². The third kappa shape index (κ3) is 1.92. The molecule has 0 aliphatic heterocycles. The molecule has 1 heterocycles. The highest BCUT2D eigenvalue weighted by molar-refractivity contribution is 5.86. The van der Waals surface area contributed by atoms with Gasteiger partial charge in [-0.05, 0) is 0 Å². The largest absolute Gasteiger partial charge is 0.545 e. The second-order valence-corrected chi connectivity index (χ2v) is 2.07. The predicted octanol–water partition coefficient (Wildman–Crippen LogP) is -0.141. The molecular formula is C6H2F3N2O2-. The topological polar surface area (TPSA) is 65.9 Å². The second-order valence-electron chi connectivity index (χ2n) is 2.07. The molecule has 0 unspecified atom stereocenters. The van der Waals surface area contributed by atoms with Crippen LogP contribution in [0.5, 0.6) is 0 Å². The van der Waals surface area contributed by atoms with Gasteiger partial charge in [0.2, 0.25) is 0 Å². The summed E-state index contributed by atoms with van der Waals surface area (Å²) < 4.78 is 36.1. The van der Waals surface area contributed by atoms with Crippen molar-refractivity contribution in [3.05, 3.63) is 23.8 Å². The molecular weight excluding hydrogens is 189 g/mol. The van der Waals surface area contributed by atoms with Crippen LogP contribution in [-0.2, 0) is 6.18 Å². The normalized spacial score (nSPS) is 11.3. The molecule has 1 rings (SSSR count). The van der Waals surface area contributed by atoms with Gasteiger partial charge in [0.15, 0.2) is 5.69 Å². The van der Waals surface area contributed by atoms with E-state index in [4.69, 9.17) is 0 Å². The van der Waals surface area contributed by atoms with Crippen molar-refractivity contribution in [2.45, 2.75) is 6.18 Å². The van der Waals surface area contributed by atoms with Crippen LogP contribution in [-0.4, -0.2) is 15.9 Å². The van der Waals surface area contributed by atoms with Crippen molar-refractivity contribution >= 4 is 5.97 Å². The lowest BCUT2D eigenvalue weighted by Gasteiger charge is -2.10. The van der Waals surface area contributed by atoms with Gasteiger partial charge >= 0.3 is 6.18 Å². The molecule has 0 spiro atoms. The summed E-state index contributed by atoms with van der Waals surface area (Å²) in [6.07, 6.45) is -3.64. The van der Waals surface area contributed by atoms with E-state index >= 15 is 0 Å². The van der Waals surface area contributed by atoms with Gasteiger partial charge < -0.3 is 9.90 Å². The van der Waals surface area contributed by atoms with Gasteiger partial charge in [0.1, 0.15) is 6.33 Å². The summed E-state index contributed by atoms with van der Waals surface area (Å²) in [7, 11) is 0. The third-order valence-electron chi connectivity index (χ3n) is 1.20. The van der Waals surface area contributed by atoms with Crippen LogP contribution < -0.4 is 5.11 Å². The van der Waals surface area contributed by atoms with Crippen molar-refractivity contribution < 1.29 is 23.1 Å². The number of aromatic nitrogens is 2. The number of aromatic carboxylic acids is 1. The lowest BCUT2D eigenvalue weighted by atomic mass is 10.2. The third-order valence-corrected chi connectivity index (χ3v) is 1.20. The molecule has 1 aromatic rings. The van der Waals surface area contributed by atoms with Crippen LogP contribution in [0.4, 0.5) is 13.2 Å². The first kappa shape index (κ1) is 9.43. The predicted molar refractivity (Wildman–Crippen MR) is 31.4 cm³/mol. The molecule has 7 heteroatoms. The van der Waals surface area contributed by atoms with Crippen molar-refractivity contribution in [3.8, 4) is 0 Å². The molecule has 0 aromatic carbocycles. The molecule has 0 saturated carbocycles. The quantitative estimate of drug-likeness (QED) is 0.619. The number of alkyl halides is 3. The van der Waals surface area contributed by atoms with Gasteiger partial charge in [0, 0.05) is 11.8 Å². The molecule has 0 bridgehead atoms. The Labute approximate surface area is 70.1 Å². The van der Waals surface area contributed by atoms with Gasteiger partial charge in [-0.2, -0.15) is 13.2 Å². The number of hydrogen-bond acceptors (Lipinski definition) is 4. The molecule has 0 saturated heterocycles. The SMILES string of the molecule is O=C([O-])c1cncnc1C(F)(F)F. The van der Waals surface area contributed by atoms with E-state index in [2.05, 4.69) is 9.97 Å². The molecule has 4 nitrogen and oxygen atoms in total. The molecule has 1 aromatic heterocycles. The summed E-state index contributed by atoms with van der Waals surface area (Å²) in [5, 5.41) is 10.2. The summed E-state index contributed by atoms with van der Waals surface area (Å²) >= 11 is 0. The van der Waals surface area contributed by atoms with E-state index in [0.29, 0.717) is 12.5 Å². The van der Waals surface area contributed by atoms with E-state index in [-0.39, 0.29) is 0 Å². The zero-order valence-corrected chi connectivity index (χ0v) is 6.00. The van der Waals surface area contributed by atoms with Crippen LogP contribution >= 0.6 is 0 Å². The minimum atomic E-state index is -4.81. The fourth-order valence-electron chi connectivity index (χ4n) is 0.705. The number of nitrogens with zero attached hydrogens (tertiary/aromatic N) is 2. The first-order valence-corrected chi connectivity index (χ1v) is 3.01. The molecule has 0 radical (unpaired) electrons. The first-order valence-electron chi connectivity index (χ1n) is 3.01. The zero-order valence-electron chi connectivity index (χ0n) is 6.00. The summed E-state index contributed by atoms with van der Waals surface area (Å²) in [5.41, 5.74) is -2.56. The Kier molecular flexibility index (Phi) is 2.18. The number of hydrogen-bond donors (Lipinski definition) is 0. The highest BCUT2D eigenvalue weighted by Gasteiger charge is 2.35. The van der Waals surface area contributed by atoms with Gasteiger partial charge in [-0.3, -0.25) is 0 Å². The fraction of sp³-hybridized carbons (Fsp3) is 0.167. The van der Waals surface area contributed by atoms with Gasteiger partial charge in [0.05, 0.1) is 5.97 Å². The summed E-state index contributed by atoms with van der Waals surface area (Å²) in [4.78, 5) is 16.1. The second kappa shape index (κ2) is 3.00. The van der Waals surface area contributed by atoms with Crippen molar-refractivity contribution in [2.75, 3.05) is 0 Å². The first-order chi connectivity index (χ1) is 5.93. The smallest absolute Gasteiger partial charge is 0.434 e. The molecule has 0 N–H and O–H groups in total. The summed E-state index contributed by atoms with van der Waals surface area (Å²) in [6, 6.07) is 0. The summed E-state index contributed by atoms with van der Waals surface area (Å²) in [5.74, 6) is -1.95. The lowest BCUT2D eigenvalue weighted by Crippen LogP contribution is -2.27. The lowest BCUT2D eigenvalue weighted by molar-refractivity contribution is -0.256. The average Bonchev–Trinajstić information content (AvgIpc) is 2.03.